The maximum Gasteiger partial charge on any atom is 0.425 e. The Morgan fingerprint density at radius 3 is 1.98 bits per heavy atom. The highest BCUT2D eigenvalue weighted by atomic mass is 35.5. The van der Waals surface area contributed by atoms with Crippen molar-refractivity contribution in [3.63, 3.8) is 0 Å². The molecule has 0 saturated carbocycles. The van der Waals surface area contributed by atoms with Gasteiger partial charge < -0.3 is 32.8 Å². The SMILES string of the molecule is CCOC(=O)C(OC[C@H]1O[C@@H](n2cnc3c(N(C(=O)OC(C)(C)C)C(=O)OC(C)(C)C)nc(Cl)nc32)[C@H](O[Si](C)(C)C(C)(C)C)[C@@H]1N=[N+]=[N-])C(=O)OCC. The summed E-state index contributed by atoms with van der Waals surface area (Å²) in [5, 5.41) is 3.32. The van der Waals surface area contributed by atoms with Gasteiger partial charge in [0.25, 0.3) is 6.10 Å². The third-order valence-electron chi connectivity index (χ3n) is 8.18. The van der Waals surface area contributed by atoms with Crippen molar-refractivity contribution in [2.24, 2.45) is 5.11 Å². The standard InChI is InChI=1S/C33H51ClN8O11Si/c1-14-47-26(43)22(27(44)48-15-2)49-16-18-19(39-40-35)21(53-54(12,13)33(9,10)11)25(50-18)41-17-36-20-23(41)37-28(34)38-24(20)42(29(45)51-31(3,4)5)30(46)52-32(6,7)8/h17-19,21-22,25H,14-16H2,1-13H3/t18-,19-,21-,25-/m1/s1. The number of carbonyl (C=O) groups is 4. The summed E-state index contributed by atoms with van der Waals surface area (Å²) in [7, 11) is -2.68. The Morgan fingerprint density at radius 1 is 0.981 bits per heavy atom. The molecule has 3 heterocycles. The van der Waals surface area contributed by atoms with Crippen molar-refractivity contribution in [1.82, 2.24) is 19.5 Å². The van der Waals surface area contributed by atoms with E-state index in [9.17, 15) is 24.7 Å². The van der Waals surface area contributed by atoms with Gasteiger partial charge in [-0.1, -0.05) is 25.9 Å². The van der Waals surface area contributed by atoms with Crippen LogP contribution in [0.1, 0.15) is 82.4 Å². The Hall–Kier alpha value is -4.07. The van der Waals surface area contributed by atoms with Crippen LogP contribution in [-0.2, 0) is 42.4 Å². The second-order valence-corrected chi connectivity index (χ2v) is 20.9. The van der Waals surface area contributed by atoms with Crippen LogP contribution in [0.3, 0.4) is 0 Å². The lowest BCUT2D eigenvalue weighted by molar-refractivity contribution is -0.176. The molecule has 19 nitrogen and oxygen atoms in total. The van der Waals surface area contributed by atoms with Crippen molar-refractivity contribution >= 4 is 61.0 Å². The number of imide groups is 1. The maximum atomic E-state index is 13.6. The molecule has 3 rings (SSSR count). The number of imidazole rings is 1. The zero-order valence-electron chi connectivity index (χ0n) is 33.0. The minimum atomic E-state index is -2.68. The van der Waals surface area contributed by atoms with Gasteiger partial charge in [0.15, 0.2) is 31.5 Å². The molecule has 54 heavy (non-hydrogen) atoms. The van der Waals surface area contributed by atoms with Crippen molar-refractivity contribution in [1.29, 1.82) is 0 Å². The lowest BCUT2D eigenvalue weighted by atomic mass is 10.1. The molecule has 4 atom stereocenters. The van der Waals surface area contributed by atoms with Crippen LogP contribution in [0, 0.1) is 0 Å². The Morgan fingerprint density at radius 2 is 1.52 bits per heavy atom. The van der Waals surface area contributed by atoms with Gasteiger partial charge in [0.05, 0.1) is 38.3 Å². The molecule has 21 heteroatoms. The van der Waals surface area contributed by atoms with E-state index < -0.39 is 80.8 Å². The van der Waals surface area contributed by atoms with E-state index in [0.29, 0.717) is 4.90 Å². The van der Waals surface area contributed by atoms with E-state index in [-0.39, 0.29) is 40.5 Å². The van der Waals surface area contributed by atoms with Gasteiger partial charge in [-0.25, -0.2) is 24.2 Å². The number of hydrogen-bond donors (Lipinski definition) is 0. The number of esters is 2. The highest BCUT2D eigenvalue weighted by Crippen LogP contribution is 2.44. The number of ether oxygens (including phenoxy) is 6. The first-order chi connectivity index (χ1) is 24.9. The average molecular weight is 799 g/mol. The first-order valence-corrected chi connectivity index (χ1v) is 20.6. The van der Waals surface area contributed by atoms with Crippen molar-refractivity contribution in [2.45, 2.75) is 136 Å². The van der Waals surface area contributed by atoms with E-state index in [1.807, 2.05) is 33.9 Å². The van der Waals surface area contributed by atoms with Gasteiger partial charge in [0, 0.05) is 4.91 Å². The molecule has 0 radical (unpaired) electrons. The van der Waals surface area contributed by atoms with Gasteiger partial charge in [-0.05, 0) is 90.7 Å². The number of nitrogens with zero attached hydrogens (tertiary/aromatic N) is 8. The summed E-state index contributed by atoms with van der Waals surface area (Å²) in [5.41, 5.74) is 7.60. The number of hydrogen-bond acceptors (Lipinski definition) is 15. The molecule has 1 fully saturated rings. The summed E-state index contributed by atoms with van der Waals surface area (Å²) in [6.07, 6.45) is -5.97. The fourth-order valence-electron chi connectivity index (χ4n) is 4.86. The Balaban J connectivity index is 2.23. The molecule has 2 aromatic rings. The molecule has 0 aliphatic carbocycles. The summed E-state index contributed by atoms with van der Waals surface area (Å²) >= 11 is 6.45. The van der Waals surface area contributed by atoms with E-state index in [1.54, 1.807) is 55.4 Å². The van der Waals surface area contributed by atoms with Gasteiger partial charge in [-0.3, -0.25) is 4.57 Å². The van der Waals surface area contributed by atoms with Crippen LogP contribution in [0.4, 0.5) is 15.4 Å². The largest absolute Gasteiger partial charge is 0.464 e. The molecule has 0 bridgehead atoms. The van der Waals surface area contributed by atoms with Crippen molar-refractivity contribution < 1.29 is 52.0 Å². The second kappa shape index (κ2) is 17.2. The maximum absolute atomic E-state index is 13.6. The Kier molecular flexibility index (Phi) is 14.1. The monoisotopic (exact) mass is 798 g/mol. The molecular weight excluding hydrogens is 748 g/mol. The minimum absolute atomic E-state index is 0.00636. The fourth-order valence-corrected chi connectivity index (χ4v) is 6.31. The number of carbonyl (C=O) groups excluding carboxylic acids is 4. The average Bonchev–Trinajstić information content (AvgIpc) is 3.56. The number of amides is 2. The van der Waals surface area contributed by atoms with Gasteiger partial charge in [0.2, 0.25) is 5.28 Å². The highest BCUT2D eigenvalue weighted by molar-refractivity contribution is 6.74. The number of fused-ring (bicyclic) bond motifs is 1. The quantitative estimate of drug-likeness (QED) is 0.0321. The van der Waals surface area contributed by atoms with E-state index in [4.69, 9.17) is 44.4 Å². The summed E-state index contributed by atoms with van der Waals surface area (Å²) in [6, 6.07) is -1.09. The van der Waals surface area contributed by atoms with Crippen LogP contribution in [0.25, 0.3) is 21.6 Å². The van der Waals surface area contributed by atoms with E-state index in [0.717, 1.165) is 0 Å². The highest BCUT2D eigenvalue weighted by Gasteiger charge is 2.52. The molecule has 0 spiro atoms. The summed E-state index contributed by atoms with van der Waals surface area (Å²) in [5.74, 6) is -2.29. The van der Waals surface area contributed by atoms with Gasteiger partial charge >= 0.3 is 24.1 Å². The van der Waals surface area contributed by atoms with E-state index in [1.165, 1.54) is 10.9 Å². The van der Waals surface area contributed by atoms with Crippen molar-refractivity contribution in [3.05, 3.63) is 22.1 Å². The summed E-state index contributed by atoms with van der Waals surface area (Å²) in [6.45, 7) is 22.4. The van der Waals surface area contributed by atoms with Crippen LogP contribution < -0.4 is 4.90 Å². The first-order valence-electron chi connectivity index (χ1n) is 17.3. The molecule has 0 unspecified atom stereocenters. The summed E-state index contributed by atoms with van der Waals surface area (Å²) in [4.78, 5) is 69.2. The third-order valence-corrected chi connectivity index (χ3v) is 12.8. The van der Waals surface area contributed by atoms with Crippen LogP contribution in [0.15, 0.2) is 11.4 Å². The van der Waals surface area contributed by atoms with E-state index >= 15 is 0 Å². The van der Waals surface area contributed by atoms with Crippen molar-refractivity contribution in [2.75, 3.05) is 24.7 Å². The molecule has 2 aromatic heterocycles. The van der Waals surface area contributed by atoms with Crippen LogP contribution in [0.2, 0.25) is 23.4 Å². The smallest absolute Gasteiger partial charge is 0.425 e. The molecule has 300 valence electrons. The molecule has 0 N–H and O–H groups in total. The molecule has 2 amide bonds. The van der Waals surface area contributed by atoms with Crippen LogP contribution in [-0.4, -0.2) is 107 Å². The van der Waals surface area contributed by atoms with Crippen molar-refractivity contribution in [3.8, 4) is 0 Å². The number of halogens is 1. The predicted octanol–water partition coefficient (Wildman–Crippen LogP) is 6.63. The minimum Gasteiger partial charge on any atom is -0.464 e. The van der Waals surface area contributed by atoms with Gasteiger partial charge in [-0.2, -0.15) is 14.9 Å². The molecular formula is C33H51ClN8O11Si. The molecule has 0 aromatic carbocycles. The Labute approximate surface area is 320 Å². The topological polar surface area (TPSA) is 228 Å². The number of anilines is 1. The number of aromatic nitrogens is 4. The van der Waals surface area contributed by atoms with Gasteiger partial charge in [-0.15, -0.1) is 0 Å². The fraction of sp³-hybridized carbons (Fsp3) is 0.727. The third kappa shape index (κ3) is 10.8. The van der Waals surface area contributed by atoms with Crippen LogP contribution >= 0.6 is 11.6 Å². The Bertz CT molecular complexity index is 1700. The zero-order valence-corrected chi connectivity index (χ0v) is 34.8. The van der Waals surface area contributed by atoms with Gasteiger partial charge in [0.1, 0.15) is 17.3 Å². The summed E-state index contributed by atoms with van der Waals surface area (Å²) < 4.78 is 41.6. The molecule has 1 saturated heterocycles. The lowest BCUT2D eigenvalue weighted by Gasteiger charge is -2.40. The first kappa shape index (κ1) is 44.3. The van der Waals surface area contributed by atoms with Crippen LogP contribution in [0.5, 0.6) is 0 Å². The second-order valence-electron chi connectivity index (χ2n) is 15.8. The molecule has 1 aliphatic heterocycles. The number of rotatable bonds is 12. The molecule has 1 aliphatic rings. The number of azide groups is 1. The predicted molar refractivity (Wildman–Crippen MR) is 197 cm³/mol. The zero-order chi connectivity index (χ0) is 41.0. The van der Waals surface area contributed by atoms with E-state index in [2.05, 4.69) is 25.0 Å². The lowest BCUT2D eigenvalue weighted by Crippen LogP contribution is -2.48. The normalized spacial score (nSPS) is 19.3.